The molecule has 2 fully saturated rings. The Morgan fingerprint density at radius 3 is 2.40 bits per heavy atom. The van der Waals surface area contributed by atoms with Gasteiger partial charge in [-0.05, 0) is 91.9 Å². The van der Waals surface area contributed by atoms with E-state index in [2.05, 4.69) is 41.1 Å². The molecule has 0 spiro atoms. The molecule has 5 heterocycles. The van der Waals surface area contributed by atoms with Crippen LogP contribution in [0, 0.1) is 6.92 Å². The summed E-state index contributed by atoms with van der Waals surface area (Å²) in [5, 5.41) is 11.8. The topological polar surface area (TPSA) is 199 Å². The molecule has 0 radical (unpaired) electrons. The van der Waals surface area contributed by atoms with Crippen LogP contribution in [0.5, 0.6) is 0 Å². The zero-order chi connectivity index (χ0) is 45.3. The average molecular weight is 877 g/mol. The van der Waals surface area contributed by atoms with E-state index in [4.69, 9.17) is 0 Å². The van der Waals surface area contributed by atoms with Gasteiger partial charge in [-0.1, -0.05) is 43.5 Å². The predicted octanol–water partition coefficient (Wildman–Crippen LogP) is 6.34. The molecule has 8 rings (SSSR count). The molecule has 16 nitrogen and oxygen atoms in total. The predicted molar refractivity (Wildman–Crippen MR) is 245 cm³/mol. The van der Waals surface area contributed by atoms with Crippen molar-refractivity contribution in [3.63, 3.8) is 0 Å². The van der Waals surface area contributed by atoms with Crippen molar-refractivity contribution in [3.05, 3.63) is 125 Å². The Morgan fingerprint density at radius 2 is 1.62 bits per heavy atom. The van der Waals surface area contributed by atoms with Gasteiger partial charge in [-0.2, -0.15) is 0 Å². The van der Waals surface area contributed by atoms with Crippen LogP contribution in [-0.4, -0.2) is 104 Å². The summed E-state index contributed by atoms with van der Waals surface area (Å²) in [7, 11) is 0. The Bertz CT molecular complexity index is 2580. The van der Waals surface area contributed by atoms with Gasteiger partial charge in [0.15, 0.2) is 0 Å². The van der Waals surface area contributed by atoms with Crippen molar-refractivity contribution in [2.24, 2.45) is 0 Å². The van der Waals surface area contributed by atoms with Crippen molar-refractivity contribution < 1.29 is 28.8 Å². The van der Waals surface area contributed by atoms with Crippen molar-refractivity contribution >= 4 is 58.5 Å². The first-order valence-electron chi connectivity index (χ1n) is 22.2. The highest BCUT2D eigenvalue weighted by Gasteiger charge is 2.45. The summed E-state index contributed by atoms with van der Waals surface area (Å²) >= 11 is 0. The number of pyridine rings is 1. The van der Waals surface area contributed by atoms with Crippen LogP contribution in [0.25, 0.3) is 11.3 Å². The number of hydrogen-bond donors (Lipinski definition) is 4. The summed E-state index contributed by atoms with van der Waals surface area (Å²) in [4.78, 5) is 95.1. The molecule has 0 saturated carbocycles. The highest BCUT2D eigenvalue weighted by Crippen LogP contribution is 2.33. The van der Waals surface area contributed by atoms with Gasteiger partial charge in [0.2, 0.25) is 23.7 Å². The number of piperidine rings is 1. The third-order valence-electron chi connectivity index (χ3n) is 12.1. The minimum atomic E-state index is -0.999. The molecule has 3 aliphatic heterocycles. The van der Waals surface area contributed by atoms with Gasteiger partial charge >= 0.3 is 0 Å². The van der Waals surface area contributed by atoms with E-state index in [9.17, 15) is 28.8 Å². The van der Waals surface area contributed by atoms with Crippen molar-refractivity contribution in [1.82, 2.24) is 35.0 Å². The van der Waals surface area contributed by atoms with Crippen LogP contribution >= 0.6 is 0 Å². The van der Waals surface area contributed by atoms with Gasteiger partial charge < -0.3 is 20.9 Å². The molecular weight excluding hydrogens is 825 g/mol. The van der Waals surface area contributed by atoms with Crippen LogP contribution in [0.2, 0.25) is 0 Å². The summed E-state index contributed by atoms with van der Waals surface area (Å²) in [6.07, 6.45) is 10.4. The Labute approximate surface area is 377 Å². The molecule has 1 unspecified atom stereocenters. The first-order chi connectivity index (χ1) is 31.6. The minimum absolute atomic E-state index is 0.0734. The number of imide groups is 2. The molecule has 2 saturated heterocycles. The fraction of sp³-hybridized carbons (Fsp3) is 0.327. The monoisotopic (exact) mass is 876 g/mol. The molecule has 334 valence electrons. The Kier molecular flexibility index (Phi) is 13.9. The number of amides is 6. The van der Waals surface area contributed by atoms with Crippen LogP contribution in [0.1, 0.15) is 93.6 Å². The normalized spacial score (nSPS) is 16.3. The van der Waals surface area contributed by atoms with Gasteiger partial charge in [-0.15, -0.1) is 0 Å². The summed E-state index contributed by atoms with van der Waals surface area (Å²) in [5.41, 5.74) is 6.75. The number of nitrogens with one attached hydrogen (secondary N) is 4. The van der Waals surface area contributed by atoms with Crippen LogP contribution in [-0.2, 0) is 20.9 Å². The lowest BCUT2D eigenvalue weighted by Gasteiger charge is -2.35. The van der Waals surface area contributed by atoms with Gasteiger partial charge in [0.1, 0.15) is 6.04 Å². The first-order valence-corrected chi connectivity index (χ1v) is 22.2. The van der Waals surface area contributed by atoms with Crippen LogP contribution in [0.4, 0.5) is 23.0 Å². The molecule has 16 heteroatoms. The number of carbonyl (C=O) groups excluding carboxylic acids is 6. The third kappa shape index (κ3) is 10.7. The van der Waals surface area contributed by atoms with E-state index >= 15 is 0 Å². The average Bonchev–Trinajstić information content (AvgIpc) is 3.57. The maximum Gasteiger partial charge on any atom is 0.264 e. The number of rotatable bonds is 17. The maximum atomic E-state index is 13.3. The second-order valence-electron chi connectivity index (χ2n) is 16.6. The van der Waals surface area contributed by atoms with E-state index in [1.807, 2.05) is 72.5 Å². The lowest BCUT2D eigenvalue weighted by atomic mass is 10.0. The van der Waals surface area contributed by atoms with Crippen LogP contribution in [0.3, 0.4) is 0 Å². The van der Waals surface area contributed by atoms with Gasteiger partial charge in [0, 0.05) is 98.9 Å². The maximum absolute atomic E-state index is 13.3. The van der Waals surface area contributed by atoms with Crippen LogP contribution < -0.4 is 21.3 Å². The molecule has 5 aromatic rings. The second-order valence-corrected chi connectivity index (χ2v) is 16.6. The number of carbonyl (C=O) groups is 6. The van der Waals surface area contributed by atoms with Gasteiger partial charge in [0.05, 0.1) is 16.8 Å². The Balaban J connectivity index is 0.710. The number of benzene rings is 3. The number of fused-ring (bicyclic) bond motifs is 1. The number of anilines is 4. The fourth-order valence-corrected chi connectivity index (χ4v) is 8.40. The SMILES string of the molecule is Cc1ccc(NC(=O)c2ccc(CN3CCN(C(=O)CCCCCCCNc4cccc5c4C(=O)N(C4CCC(=O)NC4=O)C5=O)CC3)cc2)cc1Nc1nccc(-c2cccnc2)n1. The molecule has 3 aliphatic rings. The van der Waals surface area contributed by atoms with E-state index in [0.29, 0.717) is 48.9 Å². The smallest absolute Gasteiger partial charge is 0.264 e. The largest absolute Gasteiger partial charge is 0.384 e. The number of piperazine rings is 1. The number of nitrogens with zero attached hydrogens (tertiary/aromatic N) is 6. The van der Waals surface area contributed by atoms with E-state index in [1.54, 1.807) is 36.8 Å². The summed E-state index contributed by atoms with van der Waals surface area (Å²) in [6, 6.07) is 23.0. The number of aromatic nitrogens is 3. The molecule has 0 bridgehead atoms. The van der Waals surface area contributed by atoms with E-state index < -0.39 is 29.7 Å². The zero-order valence-electron chi connectivity index (χ0n) is 36.3. The zero-order valence-corrected chi connectivity index (χ0v) is 36.3. The molecule has 1 atom stereocenters. The second kappa shape index (κ2) is 20.5. The molecular formula is C49H52N10O6. The third-order valence-corrected chi connectivity index (χ3v) is 12.1. The molecule has 65 heavy (non-hydrogen) atoms. The number of hydrogen-bond acceptors (Lipinski definition) is 12. The molecule has 6 amide bonds. The molecule has 4 N–H and O–H groups in total. The van der Waals surface area contributed by atoms with E-state index in [0.717, 1.165) is 84.7 Å². The fourth-order valence-electron chi connectivity index (χ4n) is 8.40. The van der Waals surface area contributed by atoms with E-state index in [1.165, 1.54) is 0 Å². The highest BCUT2D eigenvalue weighted by molar-refractivity contribution is 6.25. The molecule has 2 aromatic heterocycles. The summed E-state index contributed by atoms with van der Waals surface area (Å²) in [6.45, 7) is 6.24. The van der Waals surface area contributed by atoms with Crippen molar-refractivity contribution in [3.8, 4) is 11.3 Å². The standard InChI is InChI=1S/C49H52N10O6/c1-32-13-18-36(29-40(32)55-49-52-24-21-38(54-49)35-9-8-22-50-30-35)53-45(62)34-16-14-33(15-17-34)31-57-25-27-58(28-26-57)43(61)12-5-3-2-4-6-23-51-39-11-7-10-37-44(39)48(65)59(47(37)64)41-19-20-42(60)56-46(41)63/h7-11,13-18,21-22,24,29-30,41,51H,2-6,12,19-20,23,25-28,31H2,1H3,(H,53,62)(H,52,54,55)(H,56,60,63). The summed E-state index contributed by atoms with van der Waals surface area (Å²) < 4.78 is 0. The van der Waals surface area contributed by atoms with Gasteiger partial charge in [0.25, 0.3) is 17.7 Å². The summed E-state index contributed by atoms with van der Waals surface area (Å²) in [5.74, 6) is -1.67. The Hall–Kier alpha value is -7.33. The highest BCUT2D eigenvalue weighted by atomic mass is 16.2. The van der Waals surface area contributed by atoms with Crippen molar-refractivity contribution in [1.29, 1.82) is 0 Å². The van der Waals surface area contributed by atoms with Crippen molar-refractivity contribution in [2.75, 3.05) is 48.7 Å². The lowest BCUT2D eigenvalue weighted by Crippen LogP contribution is -2.54. The number of unbranched alkanes of at least 4 members (excludes halogenated alkanes) is 4. The van der Waals surface area contributed by atoms with E-state index in [-0.39, 0.29) is 35.8 Å². The van der Waals surface area contributed by atoms with Gasteiger partial charge in [-0.25, -0.2) is 9.97 Å². The Morgan fingerprint density at radius 1 is 0.815 bits per heavy atom. The number of aryl methyl sites for hydroxylation is 1. The first kappa shape index (κ1) is 44.3. The molecule has 0 aliphatic carbocycles. The quantitative estimate of drug-likeness (QED) is 0.0598. The van der Waals surface area contributed by atoms with Crippen LogP contribution in [0.15, 0.2) is 97.5 Å². The minimum Gasteiger partial charge on any atom is -0.384 e. The van der Waals surface area contributed by atoms with Gasteiger partial charge in [-0.3, -0.25) is 48.9 Å². The lowest BCUT2D eigenvalue weighted by molar-refractivity contribution is -0.136. The molecule has 3 aromatic carbocycles. The van der Waals surface area contributed by atoms with Crippen molar-refractivity contribution in [2.45, 2.75) is 70.9 Å².